The molecule has 0 aliphatic heterocycles. The molecule has 0 N–H and O–H groups in total. The van der Waals surface area contributed by atoms with Crippen LogP contribution in [0.15, 0.2) is 42.5 Å². The maximum atomic E-state index is 12.0. The minimum atomic E-state index is 0.0306. The number of carbonyl (C=O) groups is 1. The molecule has 0 aromatic heterocycles. The Labute approximate surface area is 92.5 Å². The number of fused-ring (bicyclic) bond motifs is 3. The Hall–Kier alpha value is -2.22. The van der Waals surface area contributed by atoms with Crippen molar-refractivity contribution in [3.05, 3.63) is 59.2 Å². The SMILES string of the molecule is O=[C]c1ccc2c(c1)-c1ccccc1C2=O. The van der Waals surface area contributed by atoms with Crippen LogP contribution in [0.1, 0.15) is 21.5 Å². The molecule has 16 heavy (non-hydrogen) atoms. The zero-order chi connectivity index (χ0) is 11.1. The molecule has 1 aliphatic carbocycles. The maximum Gasteiger partial charge on any atom is 0.233 e. The largest absolute Gasteiger partial charge is 0.289 e. The maximum absolute atomic E-state index is 12.0. The first-order chi connectivity index (χ1) is 7.81. The molecule has 0 saturated heterocycles. The molecular weight excluding hydrogens is 200 g/mol. The van der Waals surface area contributed by atoms with Crippen LogP contribution in [0.2, 0.25) is 0 Å². The molecule has 0 unspecified atom stereocenters. The number of carbonyl (C=O) groups excluding carboxylic acids is 2. The van der Waals surface area contributed by atoms with Crippen molar-refractivity contribution >= 4 is 12.1 Å². The number of benzene rings is 2. The Balaban J connectivity index is 2.35. The summed E-state index contributed by atoms with van der Waals surface area (Å²) in [5.74, 6) is 0.0306. The van der Waals surface area contributed by atoms with Gasteiger partial charge in [0, 0.05) is 16.7 Å². The Morgan fingerprint density at radius 1 is 0.812 bits per heavy atom. The van der Waals surface area contributed by atoms with Gasteiger partial charge in [0.25, 0.3) is 0 Å². The monoisotopic (exact) mass is 207 g/mol. The third-order valence-corrected chi connectivity index (χ3v) is 2.84. The van der Waals surface area contributed by atoms with Gasteiger partial charge in [-0.1, -0.05) is 30.3 Å². The van der Waals surface area contributed by atoms with Crippen molar-refractivity contribution in [2.75, 3.05) is 0 Å². The summed E-state index contributed by atoms with van der Waals surface area (Å²) >= 11 is 0. The molecule has 2 aromatic rings. The first-order valence-corrected chi connectivity index (χ1v) is 4.97. The highest BCUT2D eigenvalue weighted by Gasteiger charge is 2.25. The molecule has 0 amide bonds. The zero-order valence-corrected chi connectivity index (χ0v) is 8.36. The van der Waals surface area contributed by atoms with Crippen molar-refractivity contribution in [3.63, 3.8) is 0 Å². The summed E-state index contributed by atoms with van der Waals surface area (Å²) in [6.45, 7) is 0. The lowest BCUT2D eigenvalue weighted by atomic mass is 10.0. The van der Waals surface area contributed by atoms with Gasteiger partial charge in [0.15, 0.2) is 5.78 Å². The lowest BCUT2D eigenvalue weighted by Crippen LogP contribution is -1.94. The van der Waals surface area contributed by atoms with Crippen LogP contribution >= 0.6 is 0 Å². The van der Waals surface area contributed by atoms with E-state index in [1.807, 2.05) is 30.6 Å². The highest BCUT2D eigenvalue weighted by molar-refractivity contribution is 6.21. The van der Waals surface area contributed by atoms with Crippen LogP contribution < -0.4 is 0 Å². The summed E-state index contributed by atoms with van der Waals surface area (Å²) in [6.07, 6.45) is 1.84. The van der Waals surface area contributed by atoms with Crippen molar-refractivity contribution in [1.29, 1.82) is 0 Å². The molecule has 1 aliphatic rings. The second-order valence-electron chi connectivity index (χ2n) is 3.74. The van der Waals surface area contributed by atoms with E-state index in [1.54, 1.807) is 18.2 Å². The zero-order valence-electron chi connectivity index (χ0n) is 8.36. The molecule has 2 aromatic carbocycles. The highest BCUT2D eigenvalue weighted by atomic mass is 16.1. The molecule has 3 rings (SSSR count). The van der Waals surface area contributed by atoms with E-state index in [-0.39, 0.29) is 5.78 Å². The van der Waals surface area contributed by atoms with Crippen molar-refractivity contribution in [2.45, 2.75) is 0 Å². The van der Waals surface area contributed by atoms with E-state index in [0.29, 0.717) is 16.7 Å². The van der Waals surface area contributed by atoms with E-state index in [4.69, 9.17) is 0 Å². The van der Waals surface area contributed by atoms with Crippen molar-refractivity contribution < 1.29 is 9.59 Å². The van der Waals surface area contributed by atoms with Gasteiger partial charge in [0.2, 0.25) is 6.29 Å². The first-order valence-electron chi connectivity index (χ1n) is 4.97. The molecule has 0 spiro atoms. The fourth-order valence-corrected chi connectivity index (χ4v) is 2.09. The number of ketones is 1. The summed E-state index contributed by atoms with van der Waals surface area (Å²) in [6, 6.07) is 12.5. The lowest BCUT2D eigenvalue weighted by Gasteiger charge is -1.99. The van der Waals surface area contributed by atoms with Gasteiger partial charge >= 0.3 is 0 Å². The smallest absolute Gasteiger partial charge is 0.233 e. The van der Waals surface area contributed by atoms with Crippen LogP contribution in [0.5, 0.6) is 0 Å². The Bertz CT molecular complexity index is 612. The van der Waals surface area contributed by atoms with E-state index in [2.05, 4.69) is 0 Å². The summed E-state index contributed by atoms with van der Waals surface area (Å²) in [5, 5.41) is 0. The van der Waals surface area contributed by atoms with E-state index in [9.17, 15) is 9.59 Å². The minimum absolute atomic E-state index is 0.0306. The molecule has 0 fully saturated rings. The van der Waals surface area contributed by atoms with Gasteiger partial charge < -0.3 is 0 Å². The second-order valence-corrected chi connectivity index (χ2v) is 3.74. The van der Waals surface area contributed by atoms with Gasteiger partial charge in [0.1, 0.15) is 0 Å². The predicted molar refractivity (Wildman–Crippen MR) is 60.1 cm³/mol. The minimum Gasteiger partial charge on any atom is -0.289 e. The van der Waals surface area contributed by atoms with Crippen molar-refractivity contribution in [3.8, 4) is 11.1 Å². The molecule has 0 heterocycles. The normalized spacial score (nSPS) is 12.1. The quantitative estimate of drug-likeness (QED) is 0.613. The highest BCUT2D eigenvalue weighted by Crippen LogP contribution is 2.36. The molecule has 0 atom stereocenters. The van der Waals surface area contributed by atoms with Crippen LogP contribution in [-0.2, 0) is 4.79 Å². The Morgan fingerprint density at radius 2 is 1.50 bits per heavy atom. The van der Waals surface area contributed by atoms with E-state index < -0.39 is 0 Å². The van der Waals surface area contributed by atoms with E-state index >= 15 is 0 Å². The van der Waals surface area contributed by atoms with Crippen molar-refractivity contribution in [1.82, 2.24) is 0 Å². The fourth-order valence-electron chi connectivity index (χ4n) is 2.09. The molecule has 0 bridgehead atoms. The van der Waals surface area contributed by atoms with Gasteiger partial charge in [-0.3, -0.25) is 9.59 Å². The van der Waals surface area contributed by atoms with Crippen molar-refractivity contribution in [2.24, 2.45) is 0 Å². The van der Waals surface area contributed by atoms with Gasteiger partial charge in [-0.25, -0.2) is 0 Å². The lowest BCUT2D eigenvalue weighted by molar-refractivity contribution is 0.104. The molecule has 0 saturated carbocycles. The molecule has 1 radical (unpaired) electrons. The fraction of sp³-hybridized carbons (Fsp3) is 0. The Kier molecular flexibility index (Phi) is 1.77. The third kappa shape index (κ3) is 1.07. The average Bonchev–Trinajstić information content (AvgIpc) is 2.64. The van der Waals surface area contributed by atoms with Crippen LogP contribution in [-0.4, -0.2) is 12.1 Å². The molecule has 2 heteroatoms. The Morgan fingerprint density at radius 3 is 2.25 bits per heavy atom. The predicted octanol–water partition coefficient (Wildman–Crippen LogP) is 2.36. The summed E-state index contributed by atoms with van der Waals surface area (Å²) in [7, 11) is 0. The molecular formula is C14H7O2. The summed E-state index contributed by atoms with van der Waals surface area (Å²) in [5.41, 5.74) is 3.59. The topological polar surface area (TPSA) is 34.1 Å². The number of hydrogen-bond donors (Lipinski definition) is 0. The van der Waals surface area contributed by atoms with Gasteiger partial charge in [-0.05, 0) is 23.3 Å². The van der Waals surface area contributed by atoms with E-state index in [0.717, 1.165) is 11.1 Å². The summed E-state index contributed by atoms with van der Waals surface area (Å²) in [4.78, 5) is 22.6. The standard InChI is InChI=1S/C14H7O2/c15-8-9-5-6-12-13(7-9)10-3-1-2-4-11(10)14(12)16/h1-7H. The third-order valence-electron chi connectivity index (χ3n) is 2.84. The molecule has 75 valence electrons. The van der Waals surface area contributed by atoms with Crippen LogP contribution in [0.3, 0.4) is 0 Å². The van der Waals surface area contributed by atoms with Gasteiger partial charge in [-0.2, -0.15) is 0 Å². The number of hydrogen-bond acceptors (Lipinski definition) is 2. The molecule has 2 nitrogen and oxygen atoms in total. The average molecular weight is 207 g/mol. The van der Waals surface area contributed by atoms with Crippen LogP contribution in [0.4, 0.5) is 0 Å². The van der Waals surface area contributed by atoms with Crippen LogP contribution in [0.25, 0.3) is 11.1 Å². The number of rotatable bonds is 1. The van der Waals surface area contributed by atoms with Gasteiger partial charge in [-0.15, -0.1) is 0 Å². The summed E-state index contributed by atoms with van der Waals surface area (Å²) < 4.78 is 0. The van der Waals surface area contributed by atoms with Gasteiger partial charge in [0.05, 0.1) is 0 Å². The van der Waals surface area contributed by atoms with E-state index in [1.165, 1.54) is 0 Å². The first kappa shape index (κ1) is 9.04. The second kappa shape index (κ2) is 3.14. The van der Waals surface area contributed by atoms with Crippen LogP contribution in [0, 0.1) is 0 Å².